The molecule has 45 heavy (non-hydrogen) atoms. The van der Waals surface area contributed by atoms with Gasteiger partial charge in [0.05, 0.1) is 30.7 Å². The third-order valence-corrected chi connectivity index (χ3v) is 6.75. The summed E-state index contributed by atoms with van der Waals surface area (Å²) in [6.07, 6.45) is 4.42. The zero-order chi connectivity index (χ0) is 30.1. The minimum absolute atomic E-state index is 0. The van der Waals surface area contributed by atoms with E-state index in [9.17, 15) is 35.9 Å². The van der Waals surface area contributed by atoms with Crippen molar-refractivity contribution in [2.24, 2.45) is 11.8 Å². The number of allylic oxidation sites excluding steroid dienone is 1. The fourth-order valence-electron chi connectivity index (χ4n) is 3.98. The van der Waals surface area contributed by atoms with Crippen LogP contribution in [0.4, 0.5) is 32.0 Å². The van der Waals surface area contributed by atoms with E-state index < -0.39 is 31.3 Å². The van der Waals surface area contributed by atoms with E-state index in [-0.39, 0.29) is 80.2 Å². The van der Waals surface area contributed by atoms with E-state index >= 15 is 0 Å². The van der Waals surface area contributed by atoms with Gasteiger partial charge in [-0.2, -0.15) is 26.3 Å². The average Bonchev–Trinajstić information content (AvgIpc) is 3.29. The van der Waals surface area contributed by atoms with E-state index in [4.69, 9.17) is 30.7 Å². The molecule has 16 nitrogen and oxygen atoms in total. The van der Waals surface area contributed by atoms with Crippen molar-refractivity contribution in [2.75, 3.05) is 19.1 Å². The van der Waals surface area contributed by atoms with Crippen LogP contribution in [-0.2, 0) is 54.4 Å². The van der Waals surface area contributed by atoms with Gasteiger partial charge in [0.2, 0.25) is 11.8 Å². The summed E-state index contributed by atoms with van der Waals surface area (Å²) >= 11 is 0. The van der Waals surface area contributed by atoms with Crippen LogP contribution in [0, 0.1) is 11.8 Å². The van der Waals surface area contributed by atoms with Gasteiger partial charge < -0.3 is 49.5 Å². The largest absolute Gasteiger partial charge is 2.00 e. The van der Waals surface area contributed by atoms with Crippen molar-refractivity contribution in [2.45, 2.75) is 23.5 Å². The molecule has 0 bridgehead atoms. The number of anilines is 1. The second-order valence-electron chi connectivity index (χ2n) is 7.99. The Bertz CT molecular complexity index is 1360. The van der Waals surface area contributed by atoms with E-state index in [1.807, 2.05) is 42.4 Å². The quantitative estimate of drug-likeness (QED) is 0.123. The molecule has 264 valence electrons. The van der Waals surface area contributed by atoms with Crippen LogP contribution in [0.25, 0.3) is 0 Å². The molecule has 0 unspecified atom stereocenters. The number of fused-ring (bicyclic) bond motifs is 3. The Kier molecular flexibility index (Phi) is 21.2. The molecule has 0 radical (unpaired) electrons. The summed E-state index contributed by atoms with van der Waals surface area (Å²) in [5.74, 6) is -0.127. The van der Waals surface area contributed by atoms with Gasteiger partial charge in [-0.05, 0) is 24.4 Å². The Hall–Kier alpha value is -2.72. The van der Waals surface area contributed by atoms with Gasteiger partial charge in [-0.25, -0.2) is 21.7 Å². The fourth-order valence-corrected chi connectivity index (χ4v) is 3.98. The molecule has 0 aromatic heterocycles. The number of benzene rings is 1. The van der Waals surface area contributed by atoms with Crippen molar-refractivity contribution >= 4 is 37.7 Å². The molecule has 25 heteroatoms. The number of hydrogen-bond acceptors (Lipinski definition) is 15. The van der Waals surface area contributed by atoms with Crippen LogP contribution in [0.5, 0.6) is 0 Å². The minimum atomic E-state index is -6.09. The maximum Gasteiger partial charge on any atom is 2.00 e. The molecule has 1 aromatic carbocycles. The summed E-state index contributed by atoms with van der Waals surface area (Å²) in [6.45, 7) is 0. The van der Waals surface area contributed by atoms with Gasteiger partial charge in [0.1, 0.15) is 5.76 Å². The van der Waals surface area contributed by atoms with Crippen LogP contribution in [0.3, 0.4) is 0 Å². The van der Waals surface area contributed by atoms with Gasteiger partial charge in [0.25, 0.3) is 0 Å². The molecule has 2 aliphatic heterocycles. The maximum atomic E-state index is 13.0. The summed E-state index contributed by atoms with van der Waals surface area (Å²) < 4.78 is 123. The normalized spacial score (nSPS) is 19.9. The summed E-state index contributed by atoms with van der Waals surface area (Å²) in [5, 5.41) is 0. The standard InChI is InChI=1S/C18H18N2O3.2CHF3O3S.5H3N.Os/c1-19-9-8-12-14(23-2)10-13-15(16(12)19)18(22)20(17(13)21)11-6-4-3-5-7-11;2*2-1(3,4)8(5,6)7;;;;;;/h3-9,13,15-16H,10H2,1-2H3;2*(H,5,6,7);5*1H3;/q;;;;;;;;+2/p-2/t13-,15-,16+;;;;;;;;/m0......../s1. The number of halogens is 6. The monoisotopic (exact) mass is 885 g/mol. The SMILES string of the molecule is COC1=C2C=CN(C)[C@H]2[C@H]2C(=O)N(c3ccccc3)C(=O)[C@H]2C1.N.N.N.N.N.O=S(=O)([O-])C(F)(F)F.O=S(=O)([O-])C(F)(F)F.[Os+2]. The van der Waals surface area contributed by atoms with Crippen molar-refractivity contribution in [3.05, 3.63) is 53.9 Å². The first-order chi connectivity index (χ1) is 17.6. The van der Waals surface area contributed by atoms with Crippen LogP contribution >= 0.6 is 0 Å². The van der Waals surface area contributed by atoms with Crippen LogP contribution in [0.15, 0.2) is 53.9 Å². The van der Waals surface area contributed by atoms with Gasteiger partial charge in [-0.3, -0.25) is 9.59 Å². The summed E-state index contributed by atoms with van der Waals surface area (Å²) in [4.78, 5) is 29.3. The molecular formula is C20H33F6N7O9OsS2. The van der Waals surface area contributed by atoms with Gasteiger partial charge in [-0.15, -0.1) is 0 Å². The van der Waals surface area contributed by atoms with Gasteiger partial charge in [-0.1, -0.05) is 18.2 Å². The molecule has 3 aliphatic rings. The topological polar surface area (TPSA) is 339 Å². The number of likely N-dealkylation sites (N-methyl/N-ethyl adjacent to an activating group) is 1. The van der Waals surface area contributed by atoms with Crippen LogP contribution in [-0.4, -0.2) is 73.9 Å². The molecule has 1 aromatic rings. The van der Waals surface area contributed by atoms with Crippen molar-refractivity contribution in [1.82, 2.24) is 35.7 Å². The third kappa shape index (κ3) is 11.5. The first kappa shape index (κ1) is 51.8. The number of ether oxygens (including phenoxy) is 1. The Morgan fingerprint density at radius 3 is 1.58 bits per heavy atom. The zero-order valence-electron chi connectivity index (χ0n) is 23.5. The Labute approximate surface area is 267 Å². The van der Waals surface area contributed by atoms with Crippen molar-refractivity contribution in [1.29, 1.82) is 0 Å². The molecule has 0 spiro atoms. The predicted molar refractivity (Wildman–Crippen MR) is 142 cm³/mol. The van der Waals surface area contributed by atoms with E-state index in [1.54, 1.807) is 19.2 Å². The number of methoxy groups -OCH3 is 1. The second kappa shape index (κ2) is 18.4. The second-order valence-corrected chi connectivity index (χ2v) is 10.7. The molecule has 1 aliphatic carbocycles. The van der Waals surface area contributed by atoms with Crippen molar-refractivity contribution < 1.29 is 86.4 Å². The third-order valence-electron chi connectivity index (χ3n) is 5.62. The predicted octanol–water partition coefficient (Wildman–Crippen LogP) is 2.83. The Morgan fingerprint density at radius 1 is 0.822 bits per heavy atom. The summed E-state index contributed by atoms with van der Waals surface area (Å²) in [5.41, 5.74) is -9.63. The van der Waals surface area contributed by atoms with E-state index in [0.717, 1.165) is 11.3 Å². The Balaban J connectivity index is -0.000000208. The average molecular weight is 884 g/mol. The molecule has 0 saturated carbocycles. The number of para-hydroxylation sites is 1. The van der Waals surface area contributed by atoms with Crippen LogP contribution < -0.4 is 35.7 Å². The number of rotatable bonds is 2. The number of imide groups is 1. The molecule has 3 atom stereocenters. The van der Waals surface area contributed by atoms with E-state index in [0.29, 0.717) is 12.1 Å². The number of alkyl halides is 6. The molecular weight excluding hydrogens is 851 g/mol. The van der Waals surface area contributed by atoms with Crippen LogP contribution in [0.1, 0.15) is 6.42 Å². The number of nitrogens with zero attached hydrogens (tertiary/aromatic N) is 2. The summed E-state index contributed by atoms with van der Waals surface area (Å²) in [6, 6.07) is 9.04. The smallest absolute Gasteiger partial charge is 0.741 e. The van der Waals surface area contributed by atoms with E-state index in [1.165, 1.54) is 4.90 Å². The number of hydrogen-bond donors (Lipinski definition) is 5. The first-order valence-corrected chi connectivity index (χ1v) is 13.1. The number of carbonyl (C=O) groups excluding carboxylic acids is 2. The number of amides is 2. The molecule has 1 saturated heterocycles. The number of carbonyl (C=O) groups is 2. The Morgan fingerprint density at radius 2 is 1.22 bits per heavy atom. The molecule has 1 fully saturated rings. The van der Waals surface area contributed by atoms with Gasteiger partial charge >= 0.3 is 30.8 Å². The van der Waals surface area contributed by atoms with Gasteiger partial charge in [0, 0.05) is 19.0 Å². The molecule has 4 rings (SSSR count). The minimum Gasteiger partial charge on any atom is -0.741 e. The molecule has 2 heterocycles. The molecule has 2 amide bonds. The fraction of sp³-hybridized carbons (Fsp3) is 0.400. The van der Waals surface area contributed by atoms with Crippen molar-refractivity contribution in [3.63, 3.8) is 0 Å². The first-order valence-electron chi connectivity index (χ1n) is 10.3. The maximum absolute atomic E-state index is 13.0. The van der Waals surface area contributed by atoms with Crippen molar-refractivity contribution in [3.8, 4) is 0 Å². The van der Waals surface area contributed by atoms with Gasteiger partial charge in [0.15, 0.2) is 20.2 Å². The molecule has 15 N–H and O–H groups in total. The van der Waals surface area contributed by atoms with E-state index in [2.05, 4.69) is 0 Å². The zero-order valence-corrected chi connectivity index (χ0v) is 27.7. The van der Waals surface area contributed by atoms with Crippen LogP contribution in [0.2, 0.25) is 0 Å². The summed E-state index contributed by atoms with van der Waals surface area (Å²) in [7, 11) is -8.62.